The predicted molar refractivity (Wildman–Crippen MR) is 146 cm³/mol. The van der Waals surface area contributed by atoms with Crippen molar-refractivity contribution >= 4 is 24.0 Å². The van der Waals surface area contributed by atoms with E-state index < -0.39 is 23.8 Å². The van der Waals surface area contributed by atoms with Gasteiger partial charge in [-0.3, -0.25) is 9.59 Å². The summed E-state index contributed by atoms with van der Waals surface area (Å²) in [6.45, 7) is 20.8. The lowest BCUT2D eigenvalue weighted by molar-refractivity contribution is -0.145. The molecule has 0 aromatic heterocycles. The summed E-state index contributed by atoms with van der Waals surface area (Å²) in [5.41, 5.74) is 0.845. The molecule has 0 bridgehead atoms. The van der Waals surface area contributed by atoms with E-state index in [2.05, 4.69) is 24.1 Å². The van der Waals surface area contributed by atoms with Crippen molar-refractivity contribution in [3.63, 3.8) is 0 Å². The topological polar surface area (TPSA) is 87.7 Å². The van der Waals surface area contributed by atoms with Crippen LogP contribution in [0.1, 0.15) is 98.7 Å². The monoisotopic (exact) mass is 501 g/mol. The summed E-state index contributed by atoms with van der Waals surface area (Å²) < 4.78 is 5.44. The molecule has 7 heteroatoms. The van der Waals surface area contributed by atoms with Crippen LogP contribution in [0.25, 0.3) is 6.08 Å². The molecule has 4 atom stereocenters. The molecule has 0 saturated heterocycles. The summed E-state index contributed by atoms with van der Waals surface area (Å²) in [7, 11) is 0. The van der Waals surface area contributed by atoms with Crippen molar-refractivity contribution < 1.29 is 19.1 Å². The van der Waals surface area contributed by atoms with Gasteiger partial charge in [0, 0.05) is 12.1 Å². The van der Waals surface area contributed by atoms with Gasteiger partial charge in [-0.2, -0.15) is 0 Å². The van der Waals surface area contributed by atoms with E-state index in [0.717, 1.165) is 18.4 Å². The van der Waals surface area contributed by atoms with E-state index in [9.17, 15) is 14.4 Å². The van der Waals surface area contributed by atoms with Crippen molar-refractivity contribution in [2.24, 2.45) is 5.92 Å². The van der Waals surface area contributed by atoms with Gasteiger partial charge in [-0.05, 0) is 71.1 Å². The van der Waals surface area contributed by atoms with Gasteiger partial charge < -0.3 is 20.3 Å². The first-order chi connectivity index (χ1) is 16.7. The number of hydrogen-bond acceptors (Lipinski definition) is 4. The third-order valence-corrected chi connectivity index (χ3v) is 6.06. The Balaban J connectivity index is 3.54. The van der Waals surface area contributed by atoms with Crippen LogP contribution in [0, 0.1) is 5.92 Å². The average Bonchev–Trinajstić information content (AvgIpc) is 2.78. The molecule has 0 saturated carbocycles. The summed E-state index contributed by atoms with van der Waals surface area (Å²) in [6, 6.07) is 5.42. The van der Waals surface area contributed by atoms with Crippen molar-refractivity contribution in [1.82, 2.24) is 15.5 Å². The Morgan fingerprint density at radius 3 is 2.22 bits per heavy atom. The Morgan fingerprint density at radius 1 is 1.08 bits per heavy atom. The molecular weight excluding hydrogens is 454 g/mol. The summed E-state index contributed by atoms with van der Waals surface area (Å²) >= 11 is 0. The number of hydrogen-bond donors (Lipinski definition) is 2. The highest BCUT2D eigenvalue weighted by Crippen LogP contribution is 2.28. The maximum Gasteiger partial charge on any atom is 0.408 e. The fourth-order valence-corrected chi connectivity index (χ4v) is 4.08. The molecule has 3 amide bonds. The summed E-state index contributed by atoms with van der Waals surface area (Å²) in [5.74, 6) is -0.745. The standard InChI is InChI=1S/C29H47N3O4/c1-11-15-21(7)30-26(33)25(23-17-14-16-22(13-3)18-23)32(19(4)5)27(34)24(20(6)12-2)31-28(35)36-29(8,9)10/h13-14,16-21,24-25H,3,11-12,15H2,1-2,4-10H3,(H,30,33)(H,31,35). The third-order valence-electron chi connectivity index (χ3n) is 6.06. The number of carbonyl (C=O) groups excluding carboxylic acids is 3. The van der Waals surface area contributed by atoms with E-state index in [-0.39, 0.29) is 29.8 Å². The van der Waals surface area contributed by atoms with Gasteiger partial charge in [-0.25, -0.2) is 4.79 Å². The predicted octanol–water partition coefficient (Wildman–Crippen LogP) is 5.85. The molecule has 1 aromatic carbocycles. The van der Waals surface area contributed by atoms with Crippen molar-refractivity contribution in [3.8, 4) is 0 Å². The largest absolute Gasteiger partial charge is 0.444 e. The van der Waals surface area contributed by atoms with Crippen molar-refractivity contribution in [2.75, 3.05) is 0 Å². The highest BCUT2D eigenvalue weighted by Gasteiger charge is 2.39. The molecule has 0 fully saturated rings. The molecule has 0 radical (unpaired) electrons. The lowest BCUT2D eigenvalue weighted by Crippen LogP contribution is -2.57. The fourth-order valence-electron chi connectivity index (χ4n) is 4.08. The SMILES string of the molecule is C=Cc1cccc(C(C(=O)NC(C)CCC)N(C(=O)C(NC(=O)OC(C)(C)C)C(C)CC)C(C)C)c1. The zero-order valence-corrected chi connectivity index (χ0v) is 23.7. The third kappa shape index (κ3) is 9.32. The molecular formula is C29H47N3O4. The molecule has 4 unspecified atom stereocenters. The van der Waals surface area contributed by atoms with Crippen LogP contribution in [0.15, 0.2) is 30.8 Å². The minimum Gasteiger partial charge on any atom is -0.444 e. The molecule has 2 N–H and O–H groups in total. The molecule has 7 nitrogen and oxygen atoms in total. The molecule has 202 valence electrons. The highest BCUT2D eigenvalue weighted by atomic mass is 16.6. The molecule has 36 heavy (non-hydrogen) atoms. The average molecular weight is 502 g/mol. The van der Waals surface area contributed by atoms with Crippen LogP contribution in [0.5, 0.6) is 0 Å². The maximum absolute atomic E-state index is 14.1. The first-order valence-electron chi connectivity index (χ1n) is 13.1. The molecule has 1 rings (SSSR count). The van der Waals surface area contributed by atoms with Crippen LogP contribution in [-0.4, -0.2) is 46.5 Å². The number of ether oxygens (including phenoxy) is 1. The number of alkyl carbamates (subject to hydrolysis) is 1. The maximum atomic E-state index is 14.1. The van der Waals surface area contributed by atoms with E-state index in [1.165, 1.54) is 0 Å². The van der Waals surface area contributed by atoms with Gasteiger partial charge in [0.1, 0.15) is 17.7 Å². The molecule has 0 heterocycles. The van der Waals surface area contributed by atoms with Gasteiger partial charge >= 0.3 is 6.09 Å². The van der Waals surface area contributed by atoms with Crippen LogP contribution in [0.4, 0.5) is 4.79 Å². The Bertz CT molecular complexity index is 891. The summed E-state index contributed by atoms with van der Waals surface area (Å²) in [5, 5.41) is 5.88. The minimum absolute atomic E-state index is 0.0399. The van der Waals surface area contributed by atoms with E-state index in [0.29, 0.717) is 12.0 Å². The van der Waals surface area contributed by atoms with E-state index in [1.807, 2.05) is 58.9 Å². The normalized spacial score (nSPS) is 14.8. The number of amides is 3. The van der Waals surface area contributed by atoms with Gasteiger partial charge in [0.25, 0.3) is 0 Å². The number of benzene rings is 1. The van der Waals surface area contributed by atoms with Crippen molar-refractivity contribution in [2.45, 2.75) is 111 Å². The molecule has 1 aromatic rings. The van der Waals surface area contributed by atoms with E-state index in [1.54, 1.807) is 31.7 Å². The molecule has 0 aliphatic heterocycles. The Labute approximate surface area is 218 Å². The molecule has 0 aliphatic carbocycles. The summed E-state index contributed by atoms with van der Waals surface area (Å²) in [6.07, 6.45) is 3.48. The Hall–Kier alpha value is -2.83. The van der Waals surface area contributed by atoms with Gasteiger partial charge in [0.2, 0.25) is 11.8 Å². The van der Waals surface area contributed by atoms with Crippen molar-refractivity contribution in [1.29, 1.82) is 0 Å². The second-order valence-corrected chi connectivity index (χ2v) is 10.8. The van der Waals surface area contributed by atoms with Crippen LogP contribution >= 0.6 is 0 Å². The van der Waals surface area contributed by atoms with Crippen LogP contribution < -0.4 is 10.6 Å². The number of rotatable bonds is 12. The van der Waals surface area contributed by atoms with Gasteiger partial charge in [0.05, 0.1) is 0 Å². The van der Waals surface area contributed by atoms with E-state index in [4.69, 9.17) is 4.74 Å². The number of carbonyl (C=O) groups is 3. The zero-order valence-electron chi connectivity index (χ0n) is 23.7. The molecule has 0 spiro atoms. The van der Waals surface area contributed by atoms with Crippen molar-refractivity contribution in [3.05, 3.63) is 42.0 Å². The van der Waals surface area contributed by atoms with Crippen LogP contribution in [-0.2, 0) is 14.3 Å². The van der Waals surface area contributed by atoms with Crippen LogP contribution in [0.3, 0.4) is 0 Å². The molecule has 0 aliphatic rings. The lowest BCUT2D eigenvalue weighted by Gasteiger charge is -2.39. The lowest BCUT2D eigenvalue weighted by atomic mass is 9.94. The zero-order chi connectivity index (χ0) is 27.6. The Kier molecular flexibility index (Phi) is 12.2. The van der Waals surface area contributed by atoms with Gasteiger partial charge in [-0.15, -0.1) is 0 Å². The number of nitrogens with zero attached hydrogens (tertiary/aromatic N) is 1. The van der Waals surface area contributed by atoms with Gasteiger partial charge in [-0.1, -0.05) is 64.5 Å². The van der Waals surface area contributed by atoms with Gasteiger partial charge in [0.15, 0.2) is 0 Å². The smallest absolute Gasteiger partial charge is 0.408 e. The first-order valence-corrected chi connectivity index (χ1v) is 13.1. The highest BCUT2D eigenvalue weighted by molar-refractivity contribution is 5.92. The number of nitrogens with one attached hydrogen (secondary N) is 2. The summed E-state index contributed by atoms with van der Waals surface area (Å²) in [4.78, 5) is 42.1. The minimum atomic E-state index is -0.872. The second kappa shape index (κ2) is 14.0. The second-order valence-electron chi connectivity index (χ2n) is 10.8. The van der Waals surface area contributed by atoms with Crippen LogP contribution in [0.2, 0.25) is 0 Å². The Morgan fingerprint density at radius 2 is 1.72 bits per heavy atom. The first kappa shape index (κ1) is 31.2. The van der Waals surface area contributed by atoms with E-state index >= 15 is 0 Å². The quantitative estimate of drug-likeness (QED) is 0.376. The fraction of sp³-hybridized carbons (Fsp3) is 0.621.